The molecule has 1 N–H and O–H groups in total. The minimum Gasteiger partial charge on any atom is -0.422 e. The second-order valence-corrected chi connectivity index (χ2v) is 3.66. The number of benzene rings is 1. The van der Waals surface area contributed by atoms with Crippen molar-refractivity contribution in [1.82, 2.24) is 0 Å². The molecule has 0 aliphatic heterocycles. The lowest BCUT2D eigenvalue weighted by atomic mass is 10.1. The number of fused-ring (bicyclic) bond motifs is 1. The van der Waals surface area contributed by atoms with Gasteiger partial charge in [-0.25, -0.2) is 4.79 Å². The first kappa shape index (κ1) is 13.5. The van der Waals surface area contributed by atoms with Crippen LogP contribution in [-0.2, 0) is 6.42 Å². The maximum atomic E-state index is 11.1. The van der Waals surface area contributed by atoms with Gasteiger partial charge >= 0.3 is 5.63 Å². The Balaban J connectivity index is 0.000000437. The fraction of sp³-hybridized carbons (Fsp3) is 0.357. The molecule has 0 amide bonds. The highest BCUT2D eigenvalue weighted by atomic mass is 16.4. The van der Waals surface area contributed by atoms with E-state index < -0.39 is 0 Å². The first-order valence-electron chi connectivity index (χ1n) is 5.85. The molecular formula is C14H18O3. The summed E-state index contributed by atoms with van der Waals surface area (Å²) in [6.07, 6.45) is 2.00. The van der Waals surface area contributed by atoms with Gasteiger partial charge in [0, 0.05) is 18.1 Å². The van der Waals surface area contributed by atoms with Crippen molar-refractivity contribution in [3.63, 3.8) is 0 Å². The van der Waals surface area contributed by atoms with Crippen LogP contribution in [0.1, 0.15) is 25.8 Å². The van der Waals surface area contributed by atoms with Crippen molar-refractivity contribution in [3.05, 3.63) is 46.3 Å². The van der Waals surface area contributed by atoms with Crippen LogP contribution < -0.4 is 5.63 Å². The molecule has 1 heterocycles. The molecule has 92 valence electrons. The zero-order chi connectivity index (χ0) is 12.7. The SMILES string of the molecule is CCCc1cccc2ccc(=O)oc12.CCO. The molecular weight excluding hydrogens is 216 g/mol. The quantitative estimate of drug-likeness (QED) is 0.813. The summed E-state index contributed by atoms with van der Waals surface area (Å²) < 4.78 is 5.19. The molecule has 1 aromatic heterocycles. The number of para-hydroxylation sites is 1. The van der Waals surface area contributed by atoms with Crippen LogP contribution in [0.3, 0.4) is 0 Å². The second kappa shape index (κ2) is 6.86. The molecule has 1 aromatic carbocycles. The first-order valence-corrected chi connectivity index (χ1v) is 5.85. The van der Waals surface area contributed by atoms with Crippen LogP contribution in [-0.4, -0.2) is 11.7 Å². The van der Waals surface area contributed by atoms with Crippen molar-refractivity contribution in [1.29, 1.82) is 0 Å². The summed E-state index contributed by atoms with van der Waals surface area (Å²) in [5.41, 5.74) is 1.57. The van der Waals surface area contributed by atoms with E-state index in [4.69, 9.17) is 9.52 Å². The number of hydrogen-bond donors (Lipinski definition) is 1. The lowest BCUT2D eigenvalue weighted by molar-refractivity contribution is 0.318. The summed E-state index contributed by atoms with van der Waals surface area (Å²) in [5, 5.41) is 8.57. The molecule has 0 radical (unpaired) electrons. The van der Waals surface area contributed by atoms with E-state index in [0.717, 1.165) is 29.4 Å². The monoisotopic (exact) mass is 234 g/mol. The maximum absolute atomic E-state index is 11.1. The van der Waals surface area contributed by atoms with Gasteiger partial charge < -0.3 is 9.52 Å². The van der Waals surface area contributed by atoms with Crippen LogP contribution in [0.25, 0.3) is 11.0 Å². The lowest BCUT2D eigenvalue weighted by Gasteiger charge is -2.02. The smallest absolute Gasteiger partial charge is 0.336 e. The molecule has 0 bridgehead atoms. The largest absolute Gasteiger partial charge is 0.422 e. The van der Waals surface area contributed by atoms with Crippen LogP contribution in [0.15, 0.2) is 39.5 Å². The maximum Gasteiger partial charge on any atom is 0.336 e. The van der Waals surface area contributed by atoms with Crippen LogP contribution in [0, 0.1) is 0 Å². The minimum absolute atomic E-state index is 0.250. The van der Waals surface area contributed by atoms with Gasteiger partial charge in [-0.2, -0.15) is 0 Å². The molecule has 17 heavy (non-hydrogen) atoms. The van der Waals surface area contributed by atoms with Crippen LogP contribution >= 0.6 is 0 Å². The Kier molecular flexibility index (Phi) is 5.43. The Labute approximate surface area is 101 Å². The number of aliphatic hydroxyl groups is 1. The van der Waals surface area contributed by atoms with Crippen molar-refractivity contribution in [3.8, 4) is 0 Å². The molecule has 0 saturated heterocycles. The molecule has 0 saturated carbocycles. The number of hydrogen-bond acceptors (Lipinski definition) is 3. The van der Waals surface area contributed by atoms with Crippen molar-refractivity contribution >= 4 is 11.0 Å². The number of aryl methyl sites for hydroxylation is 1. The molecule has 2 aromatic rings. The summed E-state index contributed by atoms with van der Waals surface area (Å²) in [6, 6.07) is 9.22. The average Bonchev–Trinajstić information content (AvgIpc) is 2.31. The van der Waals surface area contributed by atoms with Crippen LogP contribution in [0.5, 0.6) is 0 Å². The van der Waals surface area contributed by atoms with Crippen LogP contribution in [0.4, 0.5) is 0 Å². The summed E-state index contributed by atoms with van der Waals surface area (Å²) in [4.78, 5) is 11.1. The molecule has 0 atom stereocenters. The van der Waals surface area contributed by atoms with Crippen LogP contribution in [0.2, 0.25) is 0 Å². The molecule has 0 aliphatic carbocycles. The molecule has 0 spiro atoms. The molecule has 0 aliphatic rings. The summed E-state index contributed by atoms with van der Waals surface area (Å²) in [6.45, 7) is 4.04. The third-order valence-corrected chi connectivity index (χ3v) is 2.25. The van der Waals surface area contributed by atoms with Gasteiger partial charge in [-0.3, -0.25) is 0 Å². The van der Waals surface area contributed by atoms with Crippen molar-refractivity contribution in [2.45, 2.75) is 26.7 Å². The van der Waals surface area contributed by atoms with E-state index in [1.165, 1.54) is 6.07 Å². The van der Waals surface area contributed by atoms with E-state index in [9.17, 15) is 4.79 Å². The predicted octanol–water partition coefficient (Wildman–Crippen LogP) is 2.74. The minimum atomic E-state index is -0.277. The van der Waals surface area contributed by atoms with E-state index >= 15 is 0 Å². The van der Waals surface area contributed by atoms with Gasteiger partial charge in [0.1, 0.15) is 5.58 Å². The highest BCUT2D eigenvalue weighted by Crippen LogP contribution is 2.17. The summed E-state index contributed by atoms with van der Waals surface area (Å²) >= 11 is 0. The number of rotatable bonds is 2. The second-order valence-electron chi connectivity index (χ2n) is 3.66. The van der Waals surface area contributed by atoms with Crippen molar-refractivity contribution < 1.29 is 9.52 Å². The van der Waals surface area contributed by atoms with Gasteiger partial charge in [0.2, 0.25) is 0 Å². The van der Waals surface area contributed by atoms with Gasteiger partial charge in [-0.1, -0.05) is 31.5 Å². The molecule has 0 unspecified atom stereocenters. The highest BCUT2D eigenvalue weighted by molar-refractivity contribution is 5.79. The van der Waals surface area contributed by atoms with E-state index in [1.54, 1.807) is 13.0 Å². The third-order valence-electron chi connectivity index (χ3n) is 2.25. The Morgan fingerprint density at radius 1 is 1.18 bits per heavy atom. The van der Waals surface area contributed by atoms with Crippen molar-refractivity contribution in [2.24, 2.45) is 0 Å². The molecule has 2 rings (SSSR count). The molecule has 3 heteroatoms. The van der Waals surface area contributed by atoms with Crippen molar-refractivity contribution in [2.75, 3.05) is 6.61 Å². The van der Waals surface area contributed by atoms with E-state index in [1.807, 2.05) is 18.2 Å². The van der Waals surface area contributed by atoms with E-state index in [2.05, 4.69) is 6.92 Å². The van der Waals surface area contributed by atoms with Gasteiger partial charge in [0.15, 0.2) is 0 Å². The molecule has 0 fully saturated rings. The summed E-state index contributed by atoms with van der Waals surface area (Å²) in [7, 11) is 0. The average molecular weight is 234 g/mol. The standard InChI is InChI=1S/C12H12O2.C2H6O/c1-2-4-9-5-3-6-10-7-8-11(13)14-12(9)10;1-2-3/h3,5-8H,2,4H2,1H3;3H,2H2,1H3. The zero-order valence-electron chi connectivity index (χ0n) is 10.3. The summed E-state index contributed by atoms with van der Waals surface area (Å²) in [5.74, 6) is 0. The highest BCUT2D eigenvalue weighted by Gasteiger charge is 2.02. The normalized spacial score (nSPS) is 9.82. The number of aliphatic hydroxyl groups excluding tert-OH is 1. The third kappa shape index (κ3) is 3.71. The lowest BCUT2D eigenvalue weighted by Crippen LogP contribution is -1.96. The van der Waals surface area contributed by atoms with E-state index in [0.29, 0.717) is 0 Å². The van der Waals surface area contributed by atoms with Gasteiger partial charge in [0.05, 0.1) is 0 Å². The fourth-order valence-corrected chi connectivity index (χ4v) is 1.62. The first-order chi connectivity index (χ1) is 8.22. The Hall–Kier alpha value is -1.61. The predicted molar refractivity (Wildman–Crippen MR) is 69.2 cm³/mol. The fourth-order valence-electron chi connectivity index (χ4n) is 1.62. The Bertz CT molecular complexity index is 514. The van der Waals surface area contributed by atoms with E-state index in [-0.39, 0.29) is 12.2 Å². The zero-order valence-corrected chi connectivity index (χ0v) is 10.3. The Morgan fingerprint density at radius 3 is 2.53 bits per heavy atom. The topological polar surface area (TPSA) is 50.4 Å². The van der Waals surface area contributed by atoms with Gasteiger partial charge in [-0.15, -0.1) is 0 Å². The Morgan fingerprint density at radius 2 is 1.88 bits per heavy atom. The molecule has 3 nitrogen and oxygen atoms in total. The van der Waals surface area contributed by atoms with Gasteiger partial charge in [-0.05, 0) is 25.0 Å². The van der Waals surface area contributed by atoms with Gasteiger partial charge in [0.25, 0.3) is 0 Å².